The number of unbranched alkanes of at least 4 members (excludes halogenated alkanes) is 5. The highest BCUT2D eigenvalue weighted by Gasteiger charge is 2.06. The highest BCUT2D eigenvalue weighted by Crippen LogP contribution is 2.33. The lowest BCUT2D eigenvalue weighted by Gasteiger charge is -2.06. The quantitative estimate of drug-likeness (QED) is 0.334. The molecule has 0 heterocycles. The van der Waals surface area contributed by atoms with Gasteiger partial charge in [0.2, 0.25) is 0 Å². The van der Waals surface area contributed by atoms with Crippen molar-refractivity contribution in [3.8, 4) is 0 Å². The van der Waals surface area contributed by atoms with Crippen LogP contribution in [0.1, 0.15) is 45.4 Å². The summed E-state index contributed by atoms with van der Waals surface area (Å²) in [4.78, 5) is 0. The molecule has 0 aliphatic rings. The lowest BCUT2D eigenvalue weighted by Crippen LogP contribution is -1.92. The fraction of sp³-hybridized carbons (Fsp3) is 0.500. The summed E-state index contributed by atoms with van der Waals surface area (Å²) in [7, 11) is 0. The molecule has 2 nitrogen and oxygen atoms in total. The first-order chi connectivity index (χ1) is 9.15. The Morgan fingerprint density at radius 3 is 2.32 bits per heavy atom. The number of benzene rings is 1. The van der Waals surface area contributed by atoms with Crippen LogP contribution in [0.5, 0.6) is 0 Å². The minimum atomic E-state index is 0.470. The van der Waals surface area contributed by atoms with Gasteiger partial charge in [-0.15, -0.1) is 0 Å². The van der Waals surface area contributed by atoms with Crippen molar-refractivity contribution < 1.29 is 0 Å². The molecule has 0 saturated heterocycles. The number of hydrogen-bond acceptors (Lipinski definition) is 2. The van der Waals surface area contributed by atoms with Crippen LogP contribution in [0.2, 0.25) is 15.1 Å². The van der Waals surface area contributed by atoms with Gasteiger partial charge in [-0.25, -0.2) is 0 Å². The third kappa shape index (κ3) is 6.51. The molecule has 5 heteroatoms. The van der Waals surface area contributed by atoms with Crippen molar-refractivity contribution in [2.45, 2.75) is 45.4 Å². The van der Waals surface area contributed by atoms with Crippen LogP contribution in [-0.2, 0) is 0 Å². The standard InChI is InChI=1S/C14H19Cl3N2/c1-2-3-4-5-6-7-8-18-19-14-12(16)9-11(15)10-13(14)17/h8-10,19H,2-7H2,1H3/b18-8+. The predicted molar refractivity (Wildman–Crippen MR) is 87.0 cm³/mol. The van der Waals surface area contributed by atoms with Crippen LogP contribution in [0.15, 0.2) is 17.2 Å². The molecular weight excluding hydrogens is 303 g/mol. The van der Waals surface area contributed by atoms with E-state index in [-0.39, 0.29) is 0 Å². The molecule has 0 aromatic heterocycles. The van der Waals surface area contributed by atoms with Gasteiger partial charge in [0.15, 0.2) is 0 Å². The molecule has 0 radical (unpaired) electrons. The van der Waals surface area contributed by atoms with Crippen molar-refractivity contribution in [3.05, 3.63) is 27.2 Å². The molecule has 0 amide bonds. The second-order valence-corrected chi connectivity index (χ2v) is 5.62. The van der Waals surface area contributed by atoms with Gasteiger partial charge in [0.1, 0.15) is 0 Å². The van der Waals surface area contributed by atoms with Gasteiger partial charge in [0, 0.05) is 11.2 Å². The molecule has 0 aliphatic carbocycles. The number of hydrazone groups is 1. The predicted octanol–water partition coefficient (Wildman–Crippen LogP) is 6.41. The topological polar surface area (TPSA) is 24.4 Å². The summed E-state index contributed by atoms with van der Waals surface area (Å²) in [5, 5.41) is 5.58. The number of hydrogen-bond donors (Lipinski definition) is 1. The van der Waals surface area contributed by atoms with E-state index >= 15 is 0 Å². The van der Waals surface area contributed by atoms with Crippen LogP contribution < -0.4 is 5.43 Å². The van der Waals surface area contributed by atoms with Crippen molar-refractivity contribution >= 4 is 46.7 Å². The van der Waals surface area contributed by atoms with E-state index in [0.717, 1.165) is 12.8 Å². The molecule has 0 spiro atoms. The second kappa shape index (κ2) is 9.46. The minimum absolute atomic E-state index is 0.470. The van der Waals surface area contributed by atoms with E-state index in [1.54, 1.807) is 12.1 Å². The Hall–Kier alpha value is -0.440. The Bertz CT molecular complexity index is 396. The van der Waals surface area contributed by atoms with Crippen molar-refractivity contribution in [1.29, 1.82) is 0 Å². The summed E-state index contributed by atoms with van der Waals surface area (Å²) >= 11 is 17.9. The van der Waals surface area contributed by atoms with Crippen molar-refractivity contribution in [2.75, 3.05) is 5.43 Å². The smallest absolute Gasteiger partial charge is 0.0935 e. The summed E-state index contributed by atoms with van der Waals surface area (Å²) in [6, 6.07) is 3.27. The molecule has 0 bridgehead atoms. The van der Waals surface area contributed by atoms with E-state index in [0.29, 0.717) is 20.8 Å². The molecule has 106 valence electrons. The second-order valence-electron chi connectivity index (χ2n) is 4.37. The van der Waals surface area contributed by atoms with E-state index in [9.17, 15) is 0 Å². The molecule has 1 aromatic carbocycles. The fourth-order valence-corrected chi connectivity index (χ4v) is 2.56. The Kier molecular flexibility index (Phi) is 8.27. The zero-order chi connectivity index (χ0) is 14.1. The maximum absolute atomic E-state index is 6.03. The van der Waals surface area contributed by atoms with Crippen LogP contribution in [-0.4, -0.2) is 6.21 Å². The Labute approximate surface area is 130 Å². The minimum Gasteiger partial charge on any atom is -0.276 e. The summed E-state index contributed by atoms with van der Waals surface area (Å²) in [6.07, 6.45) is 9.10. The van der Waals surface area contributed by atoms with Gasteiger partial charge in [-0.05, 0) is 25.0 Å². The highest BCUT2D eigenvalue weighted by atomic mass is 35.5. The summed E-state index contributed by atoms with van der Waals surface area (Å²) in [5.74, 6) is 0. The van der Waals surface area contributed by atoms with Gasteiger partial charge in [-0.2, -0.15) is 5.10 Å². The van der Waals surface area contributed by atoms with Crippen LogP contribution in [0.4, 0.5) is 5.69 Å². The summed E-state index contributed by atoms with van der Waals surface area (Å²) in [6.45, 7) is 2.21. The zero-order valence-electron chi connectivity index (χ0n) is 11.1. The number of nitrogens with one attached hydrogen (secondary N) is 1. The third-order valence-corrected chi connectivity index (χ3v) is 3.53. The van der Waals surface area contributed by atoms with E-state index < -0.39 is 0 Å². The first-order valence-electron chi connectivity index (χ1n) is 6.57. The lowest BCUT2D eigenvalue weighted by atomic mass is 10.1. The maximum Gasteiger partial charge on any atom is 0.0935 e. The van der Waals surface area contributed by atoms with Crippen molar-refractivity contribution in [2.24, 2.45) is 5.10 Å². The Balaban J connectivity index is 2.32. The van der Waals surface area contributed by atoms with Crippen LogP contribution in [0.25, 0.3) is 0 Å². The monoisotopic (exact) mass is 320 g/mol. The van der Waals surface area contributed by atoms with Crippen LogP contribution in [0, 0.1) is 0 Å². The van der Waals surface area contributed by atoms with Gasteiger partial charge < -0.3 is 0 Å². The van der Waals surface area contributed by atoms with Gasteiger partial charge in [0.05, 0.1) is 15.7 Å². The van der Waals surface area contributed by atoms with E-state index in [1.165, 1.54) is 25.7 Å². The van der Waals surface area contributed by atoms with Crippen LogP contribution >= 0.6 is 34.8 Å². The molecule has 0 saturated carbocycles. The zero-order valence-corrected chi connectivity index (χ0v) is 13.3. The van der Waals surface area contributed by atoms with Gasteiger partial charge in [0.25, 0.3) is 0 Å². The lowest BCUT2D eigenvalue weighted by molar-refractivity contribution is 0.645. The highest BCUT2D eigenvalue weighted by molar-refractivity contribution is 6.41. The Morgan fingerprint density at radius 1 is 1.05 bits per heavy atom. The van der Waals surface area contributed by atoms with Crippen molar-refractivity contribution in [3.63, 3.8) is 0 Å². The fourth-order valence-electron chi connectivity index (χ4n) is 1.66. The van der Waals surface area contributed by atoms with Gasteiger partial charge in [-0.1, -0.05) is 67.4 Å². The molecular formula is C14H19Cl3N2. The maximum atomic E-state index is 6.03. The normalized spacial score (nSPS) is 11.2. The number of halogens is 3. The third-order valence-electron chi connectivity index (χ3n) is 2.71. The van der Waals surface area contributed by atoms with Crippen molar-refractivity contribution in [1.82, 2.24) is 0 Å². The average molecular weight is 322 g/mol. The first-order valence-corrected chi connectivity index (χ1v) is 7.70. The molecule has 0 fully saturated rings. The summed E-state index contributed by atoms with van der Waals surface area (Å²) < 4.78 is 0. The van der Waals surface area contributed by atoms with E-state index in [1.807, 2.05) is 6.21 Å². The number of rotatable bonds is 8. The largest absolute Gasteiger partial charge is 0.276 e. The van der Waals surface area contributed by atoms with Gasteiger partial charge >= 0.3 is 0 Å². The first kappa shape index (κ1) is 16.6. The molecule has 0 atom stereocenters. The van der Waals surface area contributed by atoms with Gasteiger partial charge in [-0.3, -0.25) is 5.43 Å². The molecule has 19 heavy (non-hydrogen) atoms. The van der Waals surface area contributed by atoms with E-state index in [2.05, 4.69) is 17.5 Å². The molecule has 0 aliphatic heterocycles. The number of anilines is 1. The molecule has 0 unspecified atom stereocenters. The summed E-state index contributed by atoms with van der Waals surface area (Å²) in [5.41, 5.74) is 3.45. The SMILES string of the molecule is CCCCCCC/C=N/Nc1c(Cl)cc(Cl)cc1Cl. The van der Waals surface area contributed by atoms with Crippen LogP contribution in [0.3, 0.4) is 0 Å². The Morgan fingerprint density at radius 2 is 1.68 bits per heavy atom. The molecule has 1 rings (SSSR count). The molecule has 1 aromatic rings. The average Bonchev–Trinajstić information content (AvgIpc) is 2.35. The number of nitrogens with zero attached hydrogens (tertiary/aromatic N) is 1. The molecule has 1 N–H and O–H groups in total. The van der Waals surface area contributed by atoms with E-state index in [4.69, 9.17) is 34.8 Å².